The zero-order valence-electron chi connectivity index (χ0n) is 13.0. The van der Waals surface area contributed by atoms with Crippen LogP contribution in [0.4, 0.5) is 11.4 Å². The number of hydrogen-bond acceptors (Lipinski definition) is 7. The average Bonchev–Trinajstić information content (AvgIpc) is 3.10. The Bertz CT molecular complexity index is 848. The molecule has 0 amide bonds. The van der Waals surface area contributed by atoms with E-state index >= 15 is 0 Å². The Kier molecular flexibility index (Phi) is 4.46. The van der Waals surface area contributed by atoms with E-state index < -0.39 is 4.92 Å². The molecule has 0 radical (unpaired) electrons. The van der Waals surface area contributed by atoms with E-state index in [2.05, 4.69) is 20.4 Å². The number of hydrogen-bond donors (Lipinski definition) is 1. The molecule has 0 saturated carbocycles. The molecule has 3 rings (SSSR count). The molecule has 1 N–H and O–H groups in total. The van der Waals surface area contributed by atoms with Crippen molar-refractivity contribution in [1.29, 1.82) is 0 Å². The van der Waals surface area contributed by atoms with Gasteiger partial charge in [-0.05, 0) is 23.8 Å². The van der Waals surface area contributed by atoms with Crippen molar-refractivity contribution in [2.24, 2.45) is 0 Å². The average molecular weight is 325 g/mol. The second kappa shape index (κ2) is 6.86. The largest absolute Gasteiger partial charge is 0.375 e. The molecule has 2 aromatic heterocycles. The second-order valence-electron chi connectivity index (χ2n) is 5.07. The highest BCUT2D eigenvalue weighted by Crippen LogP contribution is 2.30. The predicted octanol–water partition coefficient (Wildman–Crippen LogP) is 3.21. The van der Waals surface area contributed by atoms with Crippen molar-refractivity contribution < 1.29 is 9.45 Å². The van der Waals surface area contributed by atoms with E-state index in [1.165, 1.54) is 6.07 Å². The van der Waals surface area contributed by atoms with Crippen molar-refractivity contribution in [3.05, 3.63) is 64.2 Å². The third-order valence-corrected chi connectivity index (χ3v) is 3.43. The van der Waals surface area contributed by atoms with Gasteiger partial charge in [-0.2, -0.15) is 4.98 Å². The molecule has 0 fully saturated rings. The Hall–Kier alpha value is -3.29. The van der Waals surface area contributed by atoms with Crippen molar-refractivity contribution in [2.45, 2.75) is 19.9 Å². The molecule has 0 saturated heterocycles. The van der Waals surface area contributed by atoms with Crippen molar-refractivity contribution in [3.63, 3.8) is 0 Å². The van der Waals surface area contributed by atoms with Gasteiger partial charge in [0.25, 0.3) is 11.6 Å². The van der Waals surface area contributed by atoms with E-state index in [1.54, 1.807) is 24.5 Å². The number of rotatable bonds is 6. The normalized spacial score (nSPS) is 10.5. The van der Waals surface area contributed by atoms with E-state index in [9.17, 15) is 10.1 Å². The van der Waals surface area contributed by atoms with Crippen LogP contribution in [0, 0.1) is 10.1 Å². The summed E-state index contributed by atoms with van der Waals surface area (Å²) in [6.45, 7) is 2.34. The number of nitrogens with one attached hydrogen (secondary N) is 1. The van der Waals surface area contributed by atoms with Crippen LogP contribution in [-0.2, 0) is 13.0 Å². The minimum atomic E-state index is -0.438. The molecular weight excluding hydrogens is 310 g/mol. The number of aryl methyl sites for hydroxylation is 1. The highest BCUT2D eigenvalue weighted by atomic mass is 16.6. The lowest BCUT2D eigenvalue weighted by Gasteiger charge is -2.07. The van der Waals surface area contributed by atoms with Crippen molar-refractivity contribution in [3.8, 4) is 11.5 Å². The summed E-state index contributed by atoms with van der Waals surface area (Å²) in [7, 11) is 0. The number of pyridine rings is 1. The highest BCUT2D eigenvalue weighted by Gasteiger charge is 2.18. The number of nitro benzene ring substituents is 1. The molecule has 0 spiro atoms. The molecule has 1 aromatic carbocycles. The molecule has 122 valence electrons. The van der Waals surface area contributed by atoms with Gasteiger partial charge in [0.2, 0.25) is 0 Å². The lowest BCUT2D eigenvalue weighted by atomic mass is 10.1. The van der Waals surface area contributed by atoms with Crippen molar-refractivity contribution in [2.75, 3.05) is 5.32 Å². The minimum absolute atomic E-state index is 0.0485. The van der Waals surface area contributed by atoms with Crippen LogP contribution in [0.25, 0.3) is 11.5 Å². The minimum Gasteiger partial charge on any atom is -0.375 e. The summed E-state index contributed by atoms with van der Waals surface area (Å²) in [4.78, 5) is 19.1. The first-order chi connectivity index (χ1) is 11.7. The van der Waals surface area contributed by atoms with Crippen molar-refractivity contribution in [1.82, 2.24) is 15.1 Å². The summed E-state index contributed by atoms with van der Waals surface area (Å²) in [5, 5.41) is 18.2. The smallest absolute Gasteiger partial charge is 0.293 e. The molecule has 0 aliphatic rings. The summed E-state index contributed by atoms with van der Waals surface area (Å²) >= 11 is 0. The Labute approximate surface area is 137 Å². The van der Waals surface area contributed by atoms with Gasteiger partial charge >= 0.3 is 0 Å². The maximum Gasteiger partial charge on any atom is 0.293 e. The molecule has 0 bridgehead atoms. The predicted molar refractivity (Wildman–Crippen MR) is 87.3 cm³/mol. The van der Waals surface area contributed by atoms with Gasteiger partial charge in [-0.3, -0.25) is 15.1 Å². The van der Waals surface area contributed by atoms with Gasteiger partial charge in [-0.25, -0.2) is 0 Å². The Morgan fingerprint density at radius 1 is 1.33 bits per heavy atom. The van der Waals surface area contributed by atoms with Crippen LogP contribution < -0.4 is 5.32 Å². The van der Waals surface area contributed by atoms with Crippen LogP contribution in [0.15, 0.2) is 47.2 Å². The second-order valence-corrected chi connectivity index (χ2v) is 5.07. The van der Waals surface area contributed by atoms with Gasteiger partial charge in [-0.15, -0.1) is 0 Å². The molecule has 2 heterocycles. The molecule has 0 atom stereocenters. The van der Waals surface area contributed by atoms with E-state index in [1.807, 2.05) is 19.1 Å². The van der Waals surface area contributed by atoms with Crippen LogP contribution in [-0.4, -0.2) is 20.0 Å². The molecule has 0 aliphatic carbocycles. The highest BCUT2D eigenvalue weighted by molar-refractivity contribution is 5.69. The first kappa shape index (κ1) is 15.6. The van der Waals surface area contributed by atoms with Gasteiger partial charge in [-0.1, -0.05) is 18.1 Å². The van der Waals surface area contributed by atoms with Crippen LogP contribution >= 0.6 is 0 Å². The number of aromatic nitrogens is 3. The van der Waals surface area contributed by atoms with Crippen LogP contribution in [0.3, 0.4) is 0 Å². The van der Waals surface area contributed by atoms with Crippen molar-refractivity contribution >= 4 is 11.4 Å². The number of nitrogens with zero attached hydrogens (tertiary/aromatic N) is 4. The molecule has 8 heteroatoms. The van der Waals surface area contributed by atoms with Gasteiger partial charge in [0.15, 0.2) is 5.82 Å². The Morgan fingerprint density at radius 3 is 2.88 bits per heavy atom. The van der Waals surface area contributed by atoms with Gasteiger partial charge in [0.1, 0.15) is 5.69 Å². The molecular formula is C16H15N5O3. The topological polar surface area (TPSA) is 107 Å². The summed E-state index contributed by atoms with van der Waals surface area (Å²) in [5.74, 6) is 0.834. The first-order valence-electron chi connectivity index (χ1n) is 7.41. The molecule has 0 unspecified atom stereocenters. The molecule has 3 aromatic rings. The third-order valence-electron chi connectivity index (χ3n) is 3.43. The molecule has 0 aliphatic heterocycles. The zero-order chi connectivity index (χ0) is 16.9. The standard InChI is InChI=1S/C16H15N5O3/c1-2-15-19-16(24-20-15)12-5-6-13(14(8-12)21(22)23)18-10-11-4-3-7-17-9-11/h3-9,18H,2,10H2,1H3. The van der Waals surface area contributed by atoms with Crippen LogP contribution in [0.2, 0.25) is 0 Å². The quantitative estimate of drug-likeness (QED) is 0.547. The summed E-state index contributed by atoms with van der Waals surface area (Å²) < 4.78 is 5.13. The molecule has 8 nitrogen and oxygen atoms in total. The SMILES string of the molecule is CCc1noc(-c2ccc(NCc3cccnc3)c([N+](=O)[O-])c2)n1. The lowest BCUT2D eigenvalue weighted by molar-refractivity contribution is -0.383. The van der Waals surface area contributed by atoms with Gasteiger partial charge in [0.05, 0.1) is 4.92 Å². The van der Waals surface area contributed by atoms with E-state index in [-0.39, 0.29) is 11.6 Å². The third kappa shape index (κ3) is 3.37. The Morgan fingerprint density at radius 2 is 2.21 bits per heavy atom. The van der Waals surface area contributed by atoms with E-state index in [0.717, 1.165) is 5.56 Å². The van der Waals surface area contributed by atoms with Gasteiger partial charge < -0.3 is 9.84 Å². The summed E-state index contributed by atoms with van der Waals surface area (Å²) in [6, 6.07) is 8.49. The fourth-order valence-electron chi connectivity index (χ4n) is 2.18. The lowest BCUT2D eigenvalue weighted by Crippen LogP contribution is -2.03. The van der Waals surface area contributed by atoms with E-state index in [0.29, 0.717) is 30.0 Å². The van der Waals surface area contributed by atoms with Gasteiger partial charge in [0, 0.05) is 37.0 Å². The Balaban J connectivity index is 1.86. The fraction of sp³-hybridized carbons (Fsp3) is 0.188. The zero-order valence-corrected chi connectivity index (χ0v) is 13.0. The number of anilines is 1. The summed E-state index contributed by atoms with van der Waals surface area (Å²) in [6.07, 6.45) is 4.02. The summed E-state index contributed by atoms with van der Waals surface area (Å²) in [5.41, 5.74) is 1.82. The number of benzene rings is 1. The van der Waals surface area contributed by atoms with E-state index in [4.69, 9.17) is 4.52 Å². The number of nitro groups is 1. The molecule has 24 heavy (non-hydrogen) atoms. The maximum absolute atomic E-state index is 11.4. The maximum atomic E-state index is 11.4. The van der Waals surface area contributed by atoms with Crippen LogP contribution in [0.5, 0.6) is 0 Å². The first-order valence-corrected chi connectivity index (χ1v) is 7.41. The monoisotopic (exact) mass is 325 g/mol. The fourth-order valence-corrected chi connectivity index (χ4v) is 2.18. The van der Waals surface area contributed by atoms with Crippen LogP contribution in [0.1, 0.15) is 18.3 Å².